The molecule has 0 radical (unpaired) electrons. The predicted molar refractivity (Wildman–Crippen MR) is 59.8 cm³/mol. The SMILES string of the molecule is CC1(C)C=C(I)C2(CC1)OCCO2. The molecule has 0 aromatic carbocycles. The van der Waals surface area contributed by atoms with Crippen LogP contribution in [0.15, 0.2) is 9.66 Å². The minimum absolute atomic E-state index is 0.303. The van der Waals surface area contributed by atoms with Gasteiger partial charge in [-0.25, -0.2) is 0 Å². The molecule has 2 rings (SSSR count). The second-order valence-electron chi connectivity index (χ2n) is 4.43. The molecule has 1 heterocycles. The van der Waals surface area contributed by atoms with E-state index in [4.69, 9.17) is 9.47 Å². The summed E-state index contributed by atoms with van der Waals surface area (Å²) in [6.07, 6.45) is 4.41. The highest BCUT2D eigenvalue weighted by atomic mass is 127. The number of hydrogen-bond acceptors (Lipinski definition) is 2. The van der Waals surface area contributed by atoms with E-state index in [1.54, 1.807) is 0 Å². The van der Waals surface area contributed by atoms with E-state index in [-0.39, 0.29) is 5.79 Å². The molecule has 1 spiro atoms. The molecule has 13 heavy (non-hydrogen) atoms. The molecule has 1 aliphatic heterocycles. The predicted octanol–water partition coefficient (Wildman–Crippen LogP) is 2.87. The summed E-state index contributed by atoms with van der Waals surface area (Å²) in [5.41, 5.74) is 0.303. The second-order valence-corrected chi connectivity index (χ2v) is 5.59. The summed E-state index contributed by atoms with van der Waals surface area (Å²) in [6, 6.07) is 0. The maximum absolute atomic E-state index is 5.69. The first-order valence-corrected chi connectivity index (χ1v) is 5.79. The van der Waals surface area contributed by atoms with Crippen LogP contribution in [0.25, 0.3) is 0 Å². The minimum atomic E-state index is -0.365. The first kappa shape index (κ1) is 9.93. The Hall–Kier alpha value is 0.390. The molecule has 0 bridgehead atoms. The van der Waals surface area contributed by atoms with E-state index < -0.39 is 0 Å². The van der Waals surface area contributed by atoms with Crippen molar-refractivity contribution in [2.45, 2.75) is 32.5 Å². The van der Waals surface area contributed by atoms with Crippen LogP contribution >= 0.6 is 22.6 Å². The van der Waals surface area contributed by atoms with Gasteiger partial charge in [-0.05, 0) is 34.4 Å². The van der Waals surface area contributed by atoms with Crippen LogP contribution in [0.5, 0.6) is 0 Å². The Bertz CT molecular complexity index is 239. The van der Waals surface area contributed by atoms with Crippen molar-refractivity contribution in [3.63, 3.8) is 0 Å². The lowest BCUT2D eigenvalue weighted by atomic mass is 9.81. The Labute approximate surface area is 92.8 Å². The molecule has 0 aromatic rings. The van der Waals surface area contributed by atoms with Crippen molar-refractivity contribution in [3.8, 4) is 0 Å². The monoisotopic (exact) mass is 294 g/mol. The van der Waals surface area contributed by atoms with E-state index in [1.165, 1.54) is 3.58 Å². The second kappa shape index (κ2) is 3.21. The van der Waals surface area contributed by atoms with Crippen molar-refractivity contribution in [2.24, 2.45) is 5.41 Å². The molecule has 74 valence electrons. The summed E-state index contributed by atoms with van der Waals surface area (Å²) in [4.78, 5) is 0. The van der Waals surface area contributed by atoms with E-state index in [1.807, 2.05) is 0 Å². The molecule has 1 aliphatic carbocycles. The van der Waals surface area contributed by atoms with Gasteiger partial charge in [0.2, 0.25) is 0 Å². The Morgan fingerprint density at radius 1 is 1.23 bits per heavy atom. The number of halogens is 1. The van der Waals surface area contributed by atoms with Crippen molar-refractivity contribution >= 4 is 22.6 Å². The zero-order valence-electron chi connectivity index (χ0n) is 8.10. The van der Waals surface area contributed by atoms with E-state index in [2.05, 4.69) is 42.5 Å². The summed E-state index contributed by atoms with van der Waals surface area (Å²) in [6.45, 7) is 5.99. The fourth-order valence-electron chi connectivity index (χ4n) is 1.87. The molecule has 0 N–H and O–H groups in total. The first-order valence-electron chi connectivity index (χ1n) is 4.71. The van der Waals surface area contributed by atoms with Crippen LogP contribution in [-0.2, 0) is 9.47 Å². The lowest BCUT2D eigenvalue weighted by Gasteiger charge is -2.36. The largest absolute Gasteiger partial charge is 0.343 e. The van der Waals surface area contributed by atoms with Crippen LogP contribution in [-0.4, -0.2) is 19.0 Å². The van der Waals surface area contributed by atoms with Crippen LogP contribution in [0.3, 0.4) is 0 Å². The third kappa shape index (κ3) is 1.78. The summed E-state index contributed by atoms with van der Waals surface area (Å²) in [5, 5.41) is 0. The van der Waals surface area contributed by atoms with Gasteiger partial charge in [-0.1, -0.05) is 19.9 Å². The molecule has 0 atom stereocenters. The maximum atomic E-state index is 5.69. The molecule has 1 fully saturated rings. The summed E-state index contributed by atoms with van der Waals surface area (Å²) >= 11 is 2.35. The molecule has 2 nitrogen and oxygen atoms in total. The Morgan fingerprint density at radius 3 is 2.38 bits per heavy atom. The lowest BCUT2D eigenvalue weighted by molar-refractivity contribution is -0.131. The van der Waals surface area contributed by atoms with Gasteiger partial charge in [0.1, 0.15) is 0 Å². The van der Waals surface area contributed by atoms with E-state index in [9.17, 15) is 0 Å². The van der Waals surface area contributed by atoms with Gasteiger partial charge in [0.05, 0.1) is 13.2 Å². The number of ether oxygens (including phenoxy) is 2. The molecule has 0 unspecified atom stereocenters. The van der Waals surface area contributed by atoms with Crippen molar-refractivity contribution in [1.82, 2.24) is 0 Å². The lowest BCUT2D eigenvalue weighted by Crippen LogP contribution is -2.36. The van der Waals surface area contributed by atoms with E-state index in [0.29, 0.717) is 5.41 Å². The van der Waals surface area contributed by atoms with Gasteiger partial charge in [-0.15, -0.1) is 0 Å². The third-order valence-corrected chi connectivity index (χ3v) is 3.87. The summed E-state index contributed by atoms with van der Waals surface area (Å²) in [7, 11) is 0. The van der Waals surface area contributed by atoms with Gasteiger partial charge in [0.25, 0.3) is 0 Å². The molecular formula is C10H15IO2. The Balaban J connectivity index is 2.26. The number of allylic oxidation sites excluding steroid dienone is 1. The van der Waals surface area contributed by atoms with Crippen molar-refractivity contribution < 1.29 is 9.47 Å². The highest BCUT2D eigenvalue weighted by Crippen LogP contribution is 2.45. The summed E-state index contributed by atoms with van der Waals surface area (Å²) in [5.74, 6) is -0.365. The van der Waals surface area contributed by atoms with Gasteiger partial charge in [0.15, 0.2) is 5.79 Å². The molecule has 0 aromatic heterocycles. The van der Waals surface area contributed by atoms with Crippen LogP contribution in [0, 0.1) is 5.41 Å². The van der Waals surface area contributed by atoms with Crippen LogP contribution < -0.4 is 0 Å². The molecular weight excluding hydrogens is 279 g/mol. The Kier molecular flexibility index (Phi) is 2.45. The van der Waals surface area contributed by atoms with Crippen LogP contribution in [0.4, 0.5) is 0 Å². The zero-order chi connectivity index (χ0) is 9.53. The summed E-state index contributed by atoms with van der Waals surface area (Å²) < 4.78 is 12.6. The van der Waals surface area contributed by atoms with Gasteiger partial charge in [-0.3, -0.25) is 0 Å². The highest BCUT2D eigenvalue weighted by Gasteiger charge is 2.44. The van der Waals surface area contributed by atoms with Crippen molar-refractivity contribution in [1.29, 1.82) is 0 Å². The number of rotatable bonds is 0. The normalized spacial score (nSPS) is 30.5. The minimum Gasteiger partial charge on any atom is -0.343 e. The molecule has 0 amide bonds. The fourth-order valence-corrected chi connectivity index (χ4v) is 3.29. The Morgan fingerprint density at radius 2 is 1.85 bits per heavy atom. The van der Waals surface area contributed by atoms with Gasteiger partial charge < -0.3 is 9.47 Å². The standard InChI is InChI=1S/C10H15IO2/c1-9(2)3-4-10(8(11)7-9)12-5-6-13-10/h7H,3-6H2,1-2H3. The average Bonchev–Trinajstić information content (AvgIpc) is 2.47. The van der Waals surface area contributed by atoms with Gasteiger partial charge >= 0.3 is 0 Å². The first-order chi connectivity index (χ1) is 6.04. The zero-order valence-corrected chi connectivity index (χ0v) is 10.3. The van der Waals surface area contributed by atoms with Gasteiger partial charge in [-0.2, -0.15) is 0 Å². The quantitative estimate of drug-likeness (QED) is 0.640. The third-order valence-electron chi connectivity index (χ3n) is 2.73. The molecule has 1 saturated heterocycles. The van der Waals surface area contributed by atoms with E-state index in [0.717, 1.165) is 26.1 Å². The highest BCUT2D eigenvalue weighted by molar-refractivity contribution is 14.1. The van der Waals surface area contributed by atoms with E-state index >= 15 is 0 Å². The molecule has 0 saturated carbocycles. The van der Waals surface area contributed by atoms with Crippen LogP contribution in [0.1, 0.15) is 26.7 Å². The fraction of sp³-hybridized carbons (Fsp3) is 0.800. The topological polar surface area (TPSA) is 18.5 Å². The molecule has 3 heteroatoms. The number of hydrogen-bond donors (Lipinski definition) is 0. The maximum Gasteiger partial charge on any atom is 0.200 e. The smallest absolute Gasteiger partial charge is 0.200 e. The van der Waals surface area contributed by atoms with Crippen LogP contribution in [0.2, 0.25) is 0 Å². The van der Waals surface area contributed by atoms with Crippen molar-refractivity contribution in [2.75, 3.05) is 13.2 Å². The molecule has 2 aliphatic rings. The van der Waals surface area contributed by atoms with Crippen molar-refractivity contribution in [3.05, 3.63) is 9.66 Å². The van der Waals surface area contributed by atoms with Gasteiger partial charge in [0, 0.05) is 10.0 Å². The average molecular weight is 294 g/mol.